The first-order chi connectivity index (χ1) is 15.7. The molecule has 1 unspecified atom stereocenters. The maximum atomic E-state index is 12.7. The van der Waals surface area contributed by atoms with Crippen LogP contribution in [0.2, 0.25) is 0 Å². The molecule has 0 aromatic carbocycles. The van der Waals surface area contributed by atoms with E-state index in [1.165, 1.54) is 12.3 Å². The fraction of sp³-hybridized carbons (Fsp3) is 0.409. The second kappa shape index (κ2) is 8.80. The summed E-state index contributed by atoms with van der Waals surface area (Å²) in [6.07, 6.45) is 2.24. The summed E-state index contributed by atoms with van der Waals surface area (Å²) in [6.45, 7) is 4.13. The van der Waals surface area contributed by atoms with Gasteiger partial charge in [0.2, 0.25) is 5.91 Å². The highest BCUT2D eigenvalue weighted by molar-refractivity contribution is 6.03. The maximum absolute atomic E-state index is 12.7. The Kier molecular flexibility index (Phi) is 6.05. The maximum Gasteiger partial charge on any atom is 0.433 e. The van der Waals surface area contributed by atoms with E-state index in [0.717, 1.165) is 23.1 Å². The van der Waals surface area contributed by atoms with Crippen molar-refractivity contribution in [3.63, 3.8) is 0 Å². The van der Waals surface area contributed by atoms with Crippen molar-refractivity contribution in [1.82, 2.24) is 24.7 Å². The Labute approximate surface area is 188 Å². The van der Waals surface area contributed by atoms with Gasteiger partial charge >= 0.3 is 6.18 Å². The second-order valence-electron chi connectivity index (χ2n) is 8.04. The molecule has 0 bridgehead atoms. The molecule has 8 nitrogen and oxygen atoms in total. The predicted molar refractivity (Wildman–Crippen MR) is 116 cm³/mol. The standard InChI is InChI=1S/C22H24F3N7O/c1-4-16-21(33)30-19-13(2)28-18(29-20(19)31(16)3)8-6-15-10-27-32(12-15)11-14-5-7-17(26-9-14)22(23,24)25/h5,7,9-10,12,16H,4,6,8,11H2,1-3H3,(H,30,33). The number of amides is 1. The minimum absolute atomic E-state index is 0.0531. The molecule has 1 amide bonds. The van der Waals surface area contributed by atoms with Crippen LogP contribution in [0.25, 0.3) is 0 Å². The van der Waals surface area contributed by atoms with Crippen molar-refractivity contribution in [2.24, 2.45) is 0 Å². The molecule has 1 atom stereocenters. The van der Waals surface area contributed by atoms with E-state index in [2.05, 4.69) is 25.4 Å². The van der Waals surface area contributed by atoms with E-state index in [0.29, 0.717) is 42.9 Å². The molecule has 1 aliphatic heterocycles. The highest BCUT2D eigenvalue weighted by Gasteiger charge is 2.33. The van der Waals surface area contributed by atoms with Crippen LogP contribution in [-0.2, 0) is 30.4 Å². The summed E-state index contributed by atoms with van der Waals surface area (Å²) in [5.41, 5.74) is 2.04. The van der Waals surface area contributed by atoms with Gasteiger partial charge in [-0.2, -0.15) is 18.3 Å². The van der Waals surface area contributed by atoms with Gasteiger partial charge in [-0.25, -0.2) is 9.97 Å². The first kappa shape index (κ1) is 22.7. The lowest BCUT2D eigenvalue weighted by molar-refractivity contribution is -0.141. The average molecular weight is 459 g/mol. The number of carbonyl (C=O) groups is 1. The quantitative estimate of drug-likeness (QED) is 0.608. The van der Waals surface area contributed by atoms with Gasteiger partial charge in [-0.15, -0.1) is 0 Å². The molecule has 0 spiro atoms. The van der Waals surface area contributed by atoms with Crippen LogP contribution in [0.1, 0.15) is 41.7 Å². The molecule has 4 rings (SSSR count). The Hall–Kier alpha value is -3.50. The third-order valence-corrected chi connectivity index (χ3v) is 5.64. The number of alkyl halides is 3. The molecule has 0 saturated carbocycles. The number of carbonyl (C=O) groups excluding carboxylic acids is 1. The van der Waals surface area contributed by atoms with E-state index in [9.17, 15) is 18.0 Å². The van der Waals surface area contributed by atoms with E-state index >= 15 is 0 Å². The summed E-state index contributed by atoms with van der Waals surface area (Å²) in [4.78, 5) is 26.9. The molecule has 33 heavy (non-hydrogen) atoms. The molecule has 11 heteroatoms. The van der Waals surface area contributed by atoms with E-state index in [1.54, 1.807) is 10.9 Å². The van der Waals surface area contributed by atoms with Crippen LogP contribution in [-0.4, -0.2) is 43.7 Å². The minimum Gasteiger partial charge on any atom is -0.346 e. The van der Waals surface area contributed by atoms with Gasteiger partial charge in [-0.3, -0.25) is 14.5 Å². The lowest BCUT2D eigenvalue weighted by Crippen LogP contribution is -2.46. The van der Waals surface area contributed by atoms with Gasteiger partial charge < -0.3 is 10.2 Å². The average Bonchev–Trinajstić information content (AvgIpc) is 3.20. The van der Waals surface area contributed by atoms with Crippen LogP contribution in [0.5, 0.6) is 0 Å². The highest BCUT2D eigenvalue weighted by atomic mass is 19.4. The molecular formula is C22H24F3N7O. The van der Waals surface area contributed by atoms with Gasteiger partial charge in [0.05, 0.1) is 18.4 Å². The molecule has 174 valence electrons. The van der Waals surface area contributed by atoms with Crippen molar-refractivity contribution in [1.29, 1.82) is 0 Å². The number of aromatic nitrogens is 5. The van der Waals surface area contributed by atoms with Gasteiger partial charge in [0, 0.05) is 25.9 Å². The Morgan fingerprint density at radius 3 is 2.58 bits per heavy atom. The molecule has 0 saturated heterocycles. The number of nitrogens with zero attached hydrogens (tertiary/aromatic N) is 6. The van der Waals surface area contributed by atoms with Crippen LogP contribution in [0.15, 0.2) is 30.7 Å². The SMILES string of the molecule is CCC1C(=O)Nc2c(C)nc(CCc3cnn(Cc4ccc(C(F)(F)F)nc4)c3)nc2N1C. The smallest absolute Gasteiger partial charge is 0.346 e. The number of likely N-dealkylation sites (N-methyl/N-ethyl adjacent to an activating group) is 1. The molecule has 3 aromatic rings. The summed E-state index contributed by atoms with van der Waals surface area (Å²) in [7, 11) is 1.86. The van der Waals surface area contributed by atoms with E-state index in [4.69, 9.17) is 0 Å². The van der Waals surface area contributed by atoms with Crippen LogP contribution in [0.4, 0.5) is 24.7 Å². The largest absolute Gasteiger partial charge is 0.433 e. The van der Waals surface area contributed by atoms with Crippen molar-refractivity contribution in [3.05, 3.63) is 59.1 Å². The number of anilines is 2. The van der Waals surface area contributed by atoms with Gasteiger partial charge in [0.1, 0.15) is 23.2 Å². The van der Waals surface area contributed by atoms with Crippen LogP contribution < -0.4 is 10.2 Å². The molecule has 0 aliphatic carbocycles. The lowest BCUT2D eigenvalue weighted by Gasteiger charge is -2.34. The number of hydrogen-bond acceptors (Lipinski definition) is 6. The molecule has 3 aromatic heterocycles. The fourth-order valence-corrected chi connectivity index (χ4v) is 3.87. The minimum atomic E-state index is -4.45. The summed E-state index contributed by atoms with van der Waals surface area (Å²) in [5, 5.41) is 7.21. The zero-order chi connectivity index (χ0) is 23.8. The fourth-order valence-electron chi connectivity index (χ4n) is 3.87. The Morgan fingerprint density at radius 2 is 1.91 bits per heavy atom. The predicted octanol–water partition coefficient (Wildman–Crippen LogP) is 3.40. The van der Waals surface area contributed by atoms with Crippen molar-refractivity contribution < 1.29 is 18.0 Å². The zero-order valence-electron chi connectivity index (χ0n) is 18.5. The van der Waals surface area contributed by atoms with Gasteiger partial charge in [-0.05, 0) is 37.0 Å². The third-order valence-electron chi connectivity index (χ3n) is 5.64. The highest BCUT2D eigenvalue weighted by Crippen LogP contribution is 2.32. The number of rotatable bonds is 6. The van der Waals surface area contributed by atoms with Gasteiger partial charge in [0.25, 0.3) is 0 Å². The van der Waals surface area contributed by atoms with Crippen LogP contribution in [0.3, 0.4) is 0 Å². The monoisotopic (exact) mass is 459 g/mol. The number of halogens is 3. The van der Waals surface area contributed by atoms with Crippen molar-refractivity contribution >= 4 is 17.4 Å². The third kappa shape index (κ3) is 4.81. The molecule has 4 heterocycles. The summed E-state index contributed by atoms with van der Waals surface area (Å²) in [6, 6.07) is 2.11. The van der Waals surface area contributed by atoms with E-state index < -0.39 is 11.9 Å². The van der Waals surface area contributed by atoms with E-state index in [-0.39, 0.29) is 11.9 Å². The van der Waals surface area contributed by atoms with Crippen molar-refractivity contribution in [2.45, 2.75) is 51.9 Å². The Morgan fingerprint density at radius 1 is 1.12 bits per heavy atom. The first-order valence-electron chi connectivity index (χ1n) is 10.6. The van der Waals surface area contributed by atoms with Crippen molar-refractivity contribution in [2.75, 3.05) is 17.3 Å². The zero-order valence-corrected chi connectivity index (χ0v) is 18.5. The number of pyridine rings is 1. The number of nitrogens with one attached hydrogen (secondary N) is 1. The summed E-state index contributed by atoms with van der Waals surface area (Å²) >= 11 is 0. The lowest BCUT2D eigenvalue weighted by atomic mass is 10.1. The summed E-state index contributed by atoms with van der Waals surface area (Å²) < 4.78 is 39.6. The molecule has 1 aliphatic rings. The molecule has 0 fully saturated rings. The van der Waals surface area contributed by atoms with Gasteiger partial charge in [-0.1, -0.05) is 13.0 Å². The second-order valence-corrected chi connectivity index (χ2v) is 8.04. The van der Waals surface area contributed by atoms with Crippen LogP contribution >= 0.6 is 0 Å². The van der Waals surface area contributed by atoms with Crippen LogP contribution in [0, 0.1) is 6.92 Å². The number of fused-ring (bicyclic) bond motifs is 1. The normalized spacial score (nSPS) is 16.0. The molecular weight excluding hydrogens is 435 g/mol. The van der Waals surface area contributed by atoms with E-state index in [1.807, 2.05) is 32.0 Å². The Bertz CT molecular complexity index is 1160. The Balaban J connectivity index is 1.42. The summed E-state index contributed by atoms with van der Waals surface area (Å²) in [5.74, 6) is 1.33. The molecule has 0 radical (unpaired) electrons. The van der Waals surface area contributed by atoms with Gasteiger partial charge in [0.15, 0.2) is 5.82 Å². The topological polar surface area (TPSA) is 88.8 Å². The number of hydrogen-bond donors (Lipinski definition) is 1. The van der Waals surface area contributed by atoms with Crippen molar-refractivity contribution in [3.8, 4) is 0 Å². The number of aryl methyl sites for hydroxylation is 3. The first-order valence-corrected chi connectivity index (χ1v) is 10.6. The molecule has 1 N–H and O–H groups in total.